The fourth-order valence-corrected chi connectivity index (χ4v) is 2.62. The molecule has 0 fully saturated rings. The number of aryl methyl sites for hydroxylation is 1. The number of carbonyl (C=O) groups excluding carboxylic acids is 2. The average molecular weight is 353 g/mol. The van der Waals surface area contributed by atoms with Crippen molar-refractivity contribution in [2.75, 3.05) is 6.61 Å². The van der Waals surface area contributed by atoms with Crippen molar-refractivity contribution in [3.8, 4) is 5.75 Å². The smallest absolute Gasteiger partial charge is 0.339 e. The van der Waals surface area contributed by atoms with E-state index < -0.39 is 5.97 Å². The number of aromatic nitrogens is 1. The van der Waals surface area contributed by atoms with E-state index in [2.05, 4.69) is 15.5 Å². The number of phenolic OH excluding ortho intramolecular Hbond substituents is 1. The Bertz CT molecular complexity index is 878. The normalized spacial score (nSPS) is 15.0. The summed E-state index contributed by atoms with van der Waals surface area (Å²) in [6.45, 7) is 2.05. The summed E-state index contributed by atoms with van der Waals surface area (Å²) in [5.74, 6) is -0.475. The maximum atomic E-state index is 12.1. The number of H-pyrrole nitrogens is 1. The molecule has 26 heavy (non-hydrogen) atoms. The molecule has 2 heterocycles. The average Bonchev–Trinajstić information content (AvgIpc) is 3.23. The number of esters is 1. The molecule has 1 aromatic heterocycles. The van der Waals surface area contributed by atoms with Crippen LogP contribution in [0.25, 0.3) is 6.08 Å². The molecule has 134 valence electrons. The molecule has 7 nitrogen and oxygen atoms in total. The Hall–Kier alpha value is -3.35. The Morgan fingerprint density at radius 3 is 2.77 bits per heavy atom. The number of carbonyl (C=O) groups is 2. The van der Waals surface area contributed by atoms with Gasteiger partial charge in [0, 0.05) is 11.9 Å². The molecule has 0 atom stereocenters. The summed E-state index contributed by atoms with van der Waals surface area (Å²) in [7, 11) is 0. The Morgan fingerprint density at radius 2 is 2.04 bits per heavy atom. The van der Waals surface area contributed by atoms with Gasteiger partial charge < -0.3 is 14.8 Å². The van der Waals surface area contributed by atoms with E-state index in [1.165, 1.54) is 0 Å². The molecule has 1 amide bonds. The fraction of sp³-hybridized carbons (Fsp3) is 0.211. The number of aromatic amines is 1. The number of hydrazone groups is 1. The van der Waals surface area contributed by atoms with E-state index in [1.54, 1.807) is 37.4 Å². The number of hydrogen-bond donors (Lipinski definition) is 3. The van der Waals surface area contributed by atoms with Gasteiger partial charge in [-0.3, -0.25) is 4.79 Å². The fourth-order valence-electron chi connectivity index (χ4n) is 2.62. The van der Waals surface area contributed by atoms with Crippen molar-refractivity contribution in [1.29, 1.82) is 0 Å². The van der Waals surface area contributed by atoms with Crippen LogP contribution in [0.15, 0.2) is 47.2 Å². The minimum absolute atomic E-state index is 0.216. The van der Waals surface area contributed by atoms with Gasteiger partial charge >= 0.3 is 5.97 Å². The SMILES string of the molecule is CCOC(=O)c1c[nH]c(C=C2C(=O)NN=C2CCc2ccc(O)cc2)c1. The minimum atomic E-state index is -0.412. The van der Waals surface area contributed by atoms with Gasteiger partial charge in [0.2, 0.25) is 0 Å². The molecule has 0 bridgehead atoms. The lowest BCUT2D eigenvalue weighted by Crippen LogP contribution is -2.13. The third-order valence-electron chi connectivity index (χ3n) is 3.95. The summed E-state index contributed by atoms with van der Waals surface area (Å²) in [4.78, 5) is 26.7. The van der Waals surface area contributed by atoms with E-state index in [0.717, 1.165) is 5.56 Å². The zero-order valence-electron chi connectivity index (χ0n) is 14.3. The van der Waals surface area contributed by atoms with Gasteiger partial charge in [-0.2, -0.15) is 5.10 Å². The van der Waals surface area contributed by atoms with Crippen LogP contribution < -0.4 is 5.43 Å². The number of hydrogen-bond acceptors (Lipinski definition) is 5. The van der Waals surface area contributed by atoms with Crippen molar-refractivity contribution >= 4 is 23.7 Å². The molecule has 0 spiro atoms. The van der Waals surface area contributed by atoms with E-state index >= 15 is 0 Å². The van der Waals surface area contributed by atoms with Crippen LogP contribution in [0, 0.1) is 0 Å². The predicted octanol–water partition coefficient (Wildman–Crippen LogP) is 2.40. The first-order valence-corrected chi connectivity index (χ1v) is 8.29. The van der Waals surface area contributed by atoms with Crippen molar-refractivity contribution in [1.82, 2.24) is 10.4 Å². The lowest BCUT2D eigenvalue weighted by atomic mass is 10.0. The summed E-state index contributed by atoms with van der Waals surface area (Å²) in [5.41, 5.74) is 5.64. The van der Waals surface area contributed by atoms with Gasteiger partial charge in [0.1, 0.15) is 5.75 Å². The standard InChI is InChI=1S/C19H19N3O4/c1-2-26-19(25)13-9-14(20-11-13)10-16-17(21-22-18(16)24)8-5-12-3-6-15(23)7-4-12/h3-4,6-7,9-11,20,23H,2,5,8H2,1H3,(H,22,24). The first kappa shape index (κ1) is 17.5. The molecule has 0 saturated heterocycles. The highest BCUT2D eigenvalue weighted by Gasteiger charge is 2.22. The molecule has 0 unspecified atom stereocenters. The van der Waals surface area contributed by atoms with Gasteiger partial charge in [0.15, 0.2) is 0 Å². The lowest BCUT2D eigenvalue weighted by molar-refractivity contribution is -0.116. The van der Waals surface area contributed by atoms with Gasteiger partial charge in [-0.25, -0.2) is 10.2 Å². The number of rotatable bonds is 6. The van der Waals surface area contributed by atoms with Crippen LogP contribution in [-0.4, -0.2) is 34.3 Å². The van der Waals surface area contributed by atoms with E-state index in [-0.39, 0.29) is 11.7 Å². The molecule has 0 radical (unpaired) electrons. The molecule has 1 aliphatic heterocycles. The second kappa shape index (κ2) is 7.69. The van der Waals surface area contributed by atoms with Crippen LogP contribution in [0.2, 0.25) is 0 Å². The van der Waals surface area contributed by atoms with Crippen molar-refractivity contribution in [2.24, 2.45) is 5.10 Å². The summed E-state index contributed by atoms with van der Waals surface area (Å²) in [5, 5.41) is 13.4. The van der Waals surface area contributed by atoms with Crippen molar-refractivity contribution in [3.05, 3.63) is 58.9 Å². The van der Waals surface area contributed by atoms with Gasteiger partial charge in [-0.15, -0.1) is 0 Å². The maximum Gasteiger partial charge on any atom is 0.339 e. The highest BCUT2D eigenvalue weighted by molar-refractivity contribution is 6.27. The zero-order chi connectivity index (χ0) is 18.5. The Labute approximate surface area is 150 Å². The van der Waals surface area contributed by atoms with Crippen LogP contribution in [-0.2, 0) is 16.0 Å². The van der Waals surface area contributed by atoms with Crippen molar-refractivity contribution in [3.63, 3.8) is 0 Å². The third kappa shape index (κ3) is 4.00. The third-order valence-corrected chi connectivity index (χ3v) is 3.95. The minimum Gasteiger partial charge on any atom is -0.508 e. The molecular weight excluding hydrogens is 334 g/mol. The van der Waals surface area contributed by atoms with E-state index in [4.69, 9.17) is 4.74 Å². The van der Waals surface area contributed by atoms with Gasteiger partial charge in [0.25, 0.3) is 5.91 Å². The van der Waals surface area contributed by atoms with Crippen LogP contribution in [0.5, 0.6) is 5.75 Å². The first-order valence-electron chi connectivity index (χ1n) is 8.29. The van der Waals surface area contributed by atoms with Gasteiger partial charge in [-0.1, -0.05) is 12.1 Å². The second-order valence-corrected chi connectivity index (χ2v) is 5.79. The molecule has 1 aliphatic rings. The molecule has 3 rings (SSSR count). The van der Waals surface area contributed by atoms with Gasteiger partial charge in [-0.05, 0) is 49.6 Å². The van der Waals surface area contributed by atoms with Crippen LogP contribution in [0.3, 0.4) is 0 Å². The summed E-state index contributed by atoms with van der Waals surface area (Å²) >= 11 is 0. The van der Waals surface area contributed by atoms with E-state index in [1.807, 2.05) is 12.1 Å². The zero-order valence-corrected chi connectivity index (χ0v) is 14.3. The molecule has 7 heteroatoms. The van der Waals surface area contributed by atoms with Crippen LogP contribution in [0.4, 0.5) is 0 Å². The Kier molecular flexibility index (Phi) is 5.17. The Morgan fingerprint density at radius 1 is 1.27 bits per heavy atom. The number of amides is 1. The van der Waals surface area contributed by atoms with Crippen LogP contribution >= 0.6 is 0 Å². The quantitative estimate of drug-likeness (QED) is 0.548. The van der Waals surface area contributed by atoms with Crippen molar-refractivity contribution < 1.29 is 19.4 Å². The number of nitrogens with zero attached hydrogens (tertiary/aromatic N) is 1. The topological polar surface area (TPSA) is 104 Å². The first-order chi connectivity index (χ1) is 12.6. The summed E-state index contributed by atoms with van der Waals surface area (Å²) in [6.07, 6.45) is 4.47. The molecule has 0 saturated carbocycles. The van der Waals surface area contributed by atoms with Gasteiger partial charge in [0.05, 0.1) is 23.5 Å². The number of ether oxygens (including phenoxy) is 1. The van der Waals surface area contributed by atoms with Crippen molar-refractivity contribution in [2.45, 2.75) is 19.8 Å². The molecule has 1 aromatic carbocycles. The van der Waals surface area contributed by atoms with E-state index in [0.29, 0.717) is 42.0 Å². The lowest BCUT2D eigenvalue weighted by Gasteiger charge is -2.03. The highest BCUT2D eigenvalue weighted by Crippen LogP contribution is 2.18. The maximum absolute atomic E-state index is 12.1. The number of benzene rings is 1. The Balaban J connectivity index is 1.72. The number of phenols is 1. The molecule has 2 aromatic rings. The molecule has 0 aliphatic carbocycles. The largest absolute Gasteiger partial charge is 0.508 e. The second-order valence-electron chi connectivity index (χ2n) is 5.79. The predicted molar refractivity (Wildman–Crippen MR) is 96.7 cm³/mol. The monoisotopic (exact) mass is 353 g/mol. The number of aromatic hydroxyl groups is 1. The summed E-state index contributed by atoms with van der Waals surface area (Å²) < 4.78 is 4.95. The van der Waals surface area contributed by atoms with E-state index in [9.17, 15) is 14.7 Å². The molecule has 3 N–H and O–H groups in total. The van der Waals surface area contributed by atoms with Crippen LogP contribution in [0.1, 0.15) is 35.0 Å². The highest BCUT2D eigenvalue weighted by atomic mass is 16.5. The summed E-state index contributed by atoms with van der Waals surface area (Å²) in [6, 6.07) is 8.55. The number of nitrogens with one attached hydrogen (secondary N) is 2. The molecular formula is C19H19N3O4.